The molecule has 1 aromatic heterocycles. The lowest BCUT2D eigenvalue weighted by atomic mass is 9.84. The molecule has 0 bridgehead atoms. The molecule has 0 saturated carbocycles. The van der Waals surface area contributed by atoms with Crippen molar-refractivity contribution in [3.8, 4) is 0 Å². The maximum atomic E-state index is 14.2. The number of amides is 2. The van der Waals surface area contributed by atoms with Gasteiger partial charge in [-0.05, 0) is 60.1 Å². The Morgan fingerprint density at radius 2 is 1.55 bits per heavy atom. The molecule has 0 aliphatic rings. The second kappa shape index (κ2) is 17.5. The highest BCUT2D eigenvalue weighted by Gasteiger charge is 2.34. The number of H-pyrrole nitrogens is 1. The van der Waals surface area contributed by atoms with E-state index >= 15 is 0 Å². The van der Waals surface area contributed by atoms with Gasteiger partial charge in [0.1, 0.15) is 10.7 Å². The summed E-state index contributed by atoms with van der Waals surface area (Å²) in [6.07, 6.45) is 0.543. The van der Waals surface area contributed by atoms with Gasteiger partial charge in [-0.3, -0.25) is 4.79 Å². The molecule has 0 aliphatic heterocycles. The first-order valence-corrected chi connectivity index (χ1v) is 19.3. The third-order valence-corrected chi connectivity index (χ3v) is 11.7. The average molecular weight is 730 g/mol. The number of aromatic amines is 1. The van der Waals surface area contributed by atoms with Crippen molar-refractivity contribution in [1.29, 1.82) is 0 Å². The number of methoxy groups -OCH3 is 1. The standard InChI is InChI=1S/C39H44N4O6S2/c1-27(2)22-23-43(51(47,48)32-20-21-34-35(24-32)50-26-40-34)31(25-44)19-18-28-12-10-11-17-33(28)41-38(45)37(42-39(46)49-3)36(29-13-6-4-7-14-29)30-15-8-5-9-16-30/h4-17,20-21,24,26-27,31,36-37,44H,18-19,22-23,25H2,1-3H3,(H,41,45)(H,42,46)/p+1/t31-,37-/m0/s1. The second-order valence-electron chi connectivity index (χ2n) is 12.8. The highest BCUT2D eigenvalue weighted by Crippen LogP contribution is 2.31. The molecule has 4 N–H and O–H groups in total. The quantitative estimate of drug-likeness (QED) is 0.110. The number of nitrogens with zero attached hydrogens (tertiary/aromatic N) is 1. The number of ether oxygens (including phenoxy) is 1. The molecule has 0 spiro atoms. The molecule has 51 heavy (non-hydrogen) atoms. The van der Waals surface area contributed by atoms with E-state index in [1.807, 2.05) is 92.2 Å². The molecule has 0 radical (unpaired) electrons. The number of sulfonamides is 1. The van der Waals surface area contributed by atoms with Crippen molar-refractivity contribution < 1.29 is 32.8 Å². The first-order valence-electron chi connectivity index (χ1n) is 17.0. The summed E-state index contributed by atoms with van der Waals surface area (Å²) in [5.74, 6) is -0.746. The molecule has 5 aromatic rings. The zero-order valence-electron chi connectivity index (χ0n) is 29.0. The normalized spacial score (nSPS) is 13.0. The summed E-state index contributed by atoms with van der Waals surface area (Å²) in [7, 11) is -2.70. The summed E-state index contributed by atoms with van der Waals surface area (Å²) in [6.45, 7) is 3.95. The lowest BCUT2D eigenvalue weighted by molar-refractivity contribution is -0.338. The van der Waals surface area contributed by atoms with E-state index in [0.29, 0.717) is 24.9 Å². The van der Waals surface area contributed by atoms with Crippen LogP contribution in [-0.2, 0) is 26.0 Å². The van der Waals surface area contributed by atoms with Gasteiger partial charge in [0.25, 0.3) is 0 Å². The molecule has 12 heteroatoms. The molecule has 0 unspecified atom stereocenters. The van der Waals surface area contributed by atoms with Gasteiger partial charge in [0.15, 0.2) is 0 Å². The summed E-state index contributed by atoms with van der Waals surface area (Å²) in [5.41, 5.74) is 5.60. The Balaban J connectivity index is 1.41. The van der Waals surface area contributed by atoms with Gasteiger partial charge in [0, 0.05) is 30.3 Å². The monoisotopic (exact) mass is 729 g/mol. The van der Waals surface area contributed by atoms with Crippen molar-refractivity contribution in [2.24, 2.45) is 5.92 Å². The van der Waals surface area contributed by atoms with E-state index in [-0.39, 0.29) is 24.0 Å². The molecule has 4 aromatic carbocycles. The van der Waals surface area contributed by atoms with Gasteiger partial charge in [0.2, 0.25) is 27.0 Å². The van der Waals surface area contributed by atoms with Crippen molar-refractivity contribution in [3.05, 3.63) is 125 Å². The Kier molecular flexibility index (Phi) is 12.9. The van der Waals surface area contributed by atoms with Crippen molar-refractivity contribution in [3.63, 3.8) is 0 Å². The molecule has 2 atom stereocenters. The van der Waals surface area contributed by atoms with Crippen LogP contribution in [0.4, 0.5) is 10.5 Å². The molecule has 0 fully saturated rings. The first-order chi connectivity index (χ1) is 24.6. The van der Waals surface area contributed by atoms with Crippen molar-refractivity contribution in [2.45, 2.75) is 56.0 Å². The lowest BCUT2D eigenvalue weighted by Crippen LogP contribution is -2.48. The summed E-state index contributed by atoms with van der Waals surface area (Å²) in [4.78, 5) is 30.1. The van der Waals surface area contributed by atoms with Gasteiger partial charge in [-0.2, -0.15) is 4.31 Å². The number of carbonyl (C=O) groups is 2. The number of carbonyl (C=O) groups excluding carboxylic acids is 2. The minimum absolute atomic E-state index is 0.177. The largest absolute Gasteiger partial charge is 0.453 e. The Labute approximate surface area is 303 Å². The van der Waals surface area contributed by atoms with E-state index < -0.39 is 40.0 Å². The Morgan fingerprint density at radius 1 is 0.902 bits per heavy atom. The second-order valence-corrected chi connectivity index (χ2v) is 15.6. The number of aryl methyl sites for hydroxylation is 1. The van der Waals surface area contributed by atoms with E-state index in [1.54, 1.807) is 30.3 Å². The van der Waals surface area contributed by atoms with Crippen LogP contribution in [0, 0.1) is 5.92 Å². The molecule has 5 rings (SSSR count). The number of anilines is 1. The van der Waals surface area contributed by atoms with Crippen LogP contribution in [0.1, 0.15) is 49.3 Å². The maximum absolute atomic E-state index is 14.2. The lowest BCUT2D eigenvalue weighted by Gasteiger charge is -2.31. The number of benzene rings is 4. The van der Waals surface area contributed by atoms with Gasteiger partial charge >= 0.3 is 6.09 Å². The van der Waals surface area contributed by atoms with Crippen LogP contribution in [-0.4, -0.2) is 62.2 Å². The van der Waals surface area contributed by atoms with Gasteiger partial charge in [0.05, 0.1) is 18.6 Å². The van der Waals surface area contributed by atoms with E-state index in [2.05, 4.69) is 15.6 Å². The number of aliphatic hydroxyl groups is 1. The predicted octanol–water partition coefficient (Wildman–Crippen LogP) is 6.24. The minimum atomic E-state index is -3.95. The maximum Gasteiger partial charge on any atom is 0.407 e. The topological polar surface area (TPSA) is 139 Å². The van der Waals surface area contributed by atoms with E-state index in [1.165, 1.54) is 22.8 Å². The number of nitrogens with one attached hydrogen (secondary N) is 3. The number of aromatic nitrogens is 1. The Hall–Kier alpha value is -4.62. The third-order valence-electron chi connectivity index (χ3n) is 8.92. The number of para-hydroxylation sites is 1. The van der Waals surface area contributed by atoms with E-state index in [0.717, 1.165) is 26.9 Å². The van der Waals surface area contributed by atoms with Crippen molar-refractivity contribution in [2.75, 3.05) is 25.6 Å². The Bertz CT molecular complexity index is 1960. The van der Waals surface area contributed by atoms with Crippen LogP contribution >= 0.6 is 11.3 Å². The summed E-state index contributed by atoms with van der Waals surface area (Å²) < 4.78 is 35.4. The first kappa shape index (κ1) is 37.6. The summed E-state index contributed by atoms with van der Waals surface area (Å²) >= 11 is 1.43. The Morgan fingerprint density at radius 3 is 2.18 bits per heavy atom. The molecule has 1 heterocycles. The van der Waals surface area contributed by atoms with Gasteiger partial charge in [-0.1, -0.05) is 104 Å². The van der Waals surface area contributed by atoms with Crippen LogP contribution in [0.15, 0.2) is 114 Å². The number of thiazole rings is 1. The fraction of sp³-hybridized carbons (Fsp3) is 0.308. The predicted molar refractivity (Wildman–Crippen MR) is 200 cm³/mol. The number of rotatable bonds is 16. The van der Waals surface area contributed by atoms with Crippen LogP contribution in [0.25, 0.3) is 10.2 Å². The molecule has 10 nitrogen and oxygen atoms in total. The molecule has 268 valence electrons. The smallest absolute Gasteiger partial charge is 0.407 e. The summed E-state index contributed by atoms with van der Waals surface area (Å²) in [6, 6.07) is 29.5. The number of fused-ring (bicyclic) bond motifs is 1. The fourth-order valence-electron chi connectivity index (χ4n) is 6.16. The highest BCUT2D eigenvalue weighted by atomic mass is 32.2. The van der Waals surface area contributed by atoms with Gasteiger partial charge in [-0.15, -0.1) is 0 Å². The summed E-state index contributed by atoms with van der Waals surface area (Å²) in [5, 5.41) is 16.4. The molecular formula is C39H45N4O6S2+. The molecule has 0 saturated heterocycles. The van der Waals surface area contributed by atoms with Crippen LogP contribution < -0.4 is 15.6 Å². The number of aliphatic hydroxyl groups excluding tert-OH is 1. The zero-order valence-corrected chi connectivity index (χ0v) is 30.6. The SMILES string of the molecule is COC(=O)N[C@H](C(=O)Nc1ccccc1CC[C@@H](CO)N(CCC(C)C)S(=O)(=O)c1ccc2[nH+]csc2c1)C(c1ccccc1)c1ccccc1. The average Bonchev–Trinajstić information content (AvgIpc) is 3.62. The van der Waals surface area contributed by atoms with E-state index in [9.17, 15) is 23.1 Å². The van der Waals surface area contributed by atoms with E-state index in [4.69, 9.17) is 4.74 Å². The molecule has 0 aliphatic carbocycles. The van der Waals surface area contributed by atoms with Gasteiger partial charge in [-0.25, -0.2) is 18.2 Å². The fourth-order valence-corrected chi connectivity index (χ4v) is 8.68. The highest BCUT2D eigenvalue weighted by molar-refractivity contribution is 7.89. The number of hydrogen-bond acceptors (Lipinski definition) is 7. The minimum Gasteiger partial charge on any atom is -0.453 e. The van der Waals surface area contributed by atoms with Crippen molar-refractivity contribution in [1.82, 2.24) is 9.62 Å². The zero-order chi connectivity index (χ0) is 36.4. The van der Waals surface area contributed by atoms with Crippen LogP contribution in [0.3, 0.4) is 0 Å². The molecule has 2 amide bonds. The van der Waals surface area contributed by atoms with Gasteiger partial charge < -0.3 is 20.5 Å². The third kappa shape index (κ3) is 9.39. The van der Waals surface area contributed by atoms with Crippen LogP contribution in [0.2, 0.25) is 0 Å². The number of hydrogen-bond donors (Lipinski definition) is 3. The van der Waals surface area contributed by atoms with Crippen LogP contribution in [0.5, 0.6) is 0 Å². The van der Waals surface area contributed by atoms with Crippen molar-refractivity contribution >= 4 is 49.3 Å². The number of alkyl carbamates (subject to hydrolysis) is 1. The molecular weight excluding hydrogens is 685 g/mol.